The van der Waals surface area contributed by atoms with E-state index in [-0.39, 0.29) is 5.91 Å². The van der Waals surface area contributed by atoms with Gasteiger partial charge in [-0.25, -0.2) is 0 Å². The Morgan fingerprint density at radius 3 is 2.86 bits per heavy atom. The summed E-state index contributed by atoms with van der Waals surface area (Å²) in [4.78, 5) is 14.7. The van der Waals surface area contributed by atoms with Crippen LogP contribution in [0.15, 0.2) is 24.3 Å². The lowest BCUT2D eigenvalue weighted by molar-refractivity contribution is 0.0979. The van der Waals surface area contributed by atoms with Crippen molar-refractivity contribution in [3.63, 3.8) is 0 Å². The Balaban J connectivity index is 1.96. The van der Waals surface area contributed by atoms with Crippen LogP contribution in [0.25, 0.3) is 0 Å². The molecule has 5 nitrogen and oxygen atoms in total. The van der Waals surface area contributed by atoms with Crippen molar-refractivity contribution in [1.82, 2.24) is 9.78 Å². The Kier molecular flexibility index (Phi) is 3.41. The van der Waals surface area contributed by atoms with Crippen molar-refractivity contribution in [2.75, 3.05) is 17.2 Å². The number of nitrogens with two attached hydrogens (primary N) is 1. The molecule has 1 aromatic carbocycles. The maximum absolute atomic E-state index is 12.8. The van der Waals surface area contributed by atoms with Gasteiger partial charge in [-0.1, -0.05) is 6.92 Å². The van der Waals surface area contributed by atoms with Crippen molar-refractivity contribution in [2.24, 2.45) is 0 Å². The quantitative estimate of drug-likeness (QED) is 0.879. The van der Waals surface area contributed by atoms with Gasteiger partial charge in [0.25, 0.3) is 5.91 Å². The van der Waals surface area contributed by atoms with Crippen LogP contribution in [0.3, 0.4) is 0 Å². The highest BCUT2D eigenvalue weighted by Gasteiger charge is 2.28. The molecule has 0 spiro atoms. The summed E-state index contributed by atoms with van der Waals surface area (Å²) in [5.41, 5.74) is 10.3. The minimum atomic E-state index is 0.0209. The molecule has 0 radical (unpaired) electrons. The highest BCUT2D eigenvalue weighted by Crippen LogP contribution is 2.30. The number of rotatable bonds is 3. The van der Waals surface area contributed by atoms with Gasteiger partial charge in [0.2, 0.25) is 0 Å². The zero-order valence-corrected chi connectivity index (χ0v) is 12.5. The number of benzene rings is 1. The number of nitrogens with zero attached hydrogens (tertiary/aromatic N) is 3. The van der Waals surface area contributed by atoms with Crippen molar-refractivity contribution in [3.05, 3.63) is 41.2 Å². The highest BCUT2D eigenvalue weighted by molar-refractivity contribution is 6.06. The van der Waals surface area contributed by atoms with Gasteiger partial charge in [0.1, 0.15) is 5.69 Å². The van der Waals surface area contributed by atoms with E-state index in [1.54, 1.807) is 4.68 Å². The first-order chi connectivity index (χ1) is 10.1. The van der Waals surface area contributed by atoms with E-state index in [0.29, 0.717) is 18.8 Å². The van der Waals surface area contributed by atoms with E-state index in [0.717, 1.165) is 35.5 Å². The average Bonchev–Trinajstić information content (AvgIpc) is 3.09. The Morgan fingerprint density at radius 2 is 2.14 bits per heavy atom. The molecule has 3 rings (SSSR count). The molecular formula is C16H20N4O. The molecule has 0 aliphatic carbocycles. The SMILES string of the molecule is CCc1cc(C(=O)N2CCc3cc(N)ccc32)n(CC)n1. The standard InChI is InChI=1S/C16H20N4O/c1-3-13-10-15(20(4-2)18-13)16(21)19-8-7-11-9-12(17)5-6-14(11)19/h5-6,9-10H,3-4,7-8,17H2,1-2H3. The number of anilines is 2. The van der Waals surface area contributed by atoms with E-state index in [4.69, 9.17) is 5.73 Å². The molecule has 2 heterocycles. The molecule has 0 bridgehead atoms. The Labute approximate surface area is 124 Å². The summed E-state index contributed by atoms with van der Waals surface area (Å²) >= 11 is 0. The van der Waals surface area contributed by atoms with E-state index in [2.05, 4.69) is 5.10 Å². The minimum Gasteiger partial charge on any atom is -0.399 e. The van der Waals surface area contributed by atoms with E-state index in [1.165, 1.54) is 0 Å². The summed E-state index contributed by atoms with van der Waals surface area (Å²) < 4.78 is 1.79. The highest BCUT2D eigenvalue weighted by atomic mass is 16.2. The zero-order chi connectivity index (χ0) is 15.0. The molecule has 0 atom stereocenters. The third-order valence-electron chi connectivity index (χ3n) is 3.96. The molecule has 1 aliphatic rings. The van der Waals surface area contributed by atoms with E-state index in [1.807, 2.05) is 43.0 Å². The van der Waals surface area contributed by atoms with Crippen LogP contribution in [0.5, 0.6) is 0 Å². The summed E-state index contributed by atoms with van der Waals surface area (Å²) in [5.74, 6) is 0.0209. The first-order valence-electron chi connectivity index (χ1n) is 7.41. The van der Waals surface area contributed by atoms with Gasteiger partial charge >= 0.3 is 0 Å². The molecule has 0 saturated heterocycles. The van der Waals surface area contributed by atoms with Crippen LogP contribution < -0.4 is 10.6 Å². The lowest BCUT2D eigenvalue weighted by atomic mass is 10.1. The van der Waals surface area contributed by atoms with Crippen LogP contribution in [-0.2, 0) is 19.4 Å². The smallest absolute Gasteiger partial charge is 0.276 e. The van der Waals surface area contributed by atoms with Gasteiger partial charge in [-0.05, 0) is 49.6 Å². The normalized spacial score (nSPS) is 13.5. The summed E-state index contributed by atoms with van der Waals surface area (Å²) in [6, 6.07) is 7.64. The minimum absolute atomic E-state index is 0.0209. The summed E-state index contributed by atoms with van der Waals surface area (Å²) in [5, 5.41) is 4.46. The van der Waals surface area contributed by atoms with Crippen LogP contribution in [0.1, 0.15) is 35.6 Å². The fraction of sp³-hybridized carbons (Fsp3) is 0.375. The van der Waals surface area contributed by atoms with Crippen LogP contribution >= 0.6 is 0 Å². The second-order valence-corrected chi connectivity index (χ2v) is 5.29. The summed E-state index contributed by atoms with van der Waals surface area (Å²) in [6.07, 6.45) is 1.69. The van der Waals surface area contributed by atoms with Crippen molar-refractivity contribution in [1.29, 1.82) is 0 Å². The van der Waals surface area contributed by atoms with E-state index < -0.39 is 0 Å². The second-order valence-electron chi connectivity index (χ2n) is 5.29. The predicted octanol–water partition coefficient (Wildman–Crippen LogP) is 2.25. The van der Waals surface area contributed by atoms with E-state index >= 15 is 0 Å². The topological polar surface area (TPSA) is 64.2 Å². The van der Waals surface area contributed by atoms with Crippen molar-refractivity contribution in [3.8, 4) is 0 Å². The molecule has 21 heavy (non-hydrogen) atoms. The Morgan fingerprint density at radius 1 is 1.33 bits per heavy atom. The molecule has 0 unspecified atom stereocenters. The van der Waals surface area contributed by atoms with Crippen molar-refractivity contribution in [2.45, 2.75) is 33.2 Å². The number of aromatic nitrogens is 2. The molecule has 1 aromatic heterocycles. The monoisotopic (exact) mass is 284 g/mol. The lowest BCUT2D eigenvalue weighted by Gasteiger charge is -2.17. The van der Waals surface area contributed by atoms with Crippen molar-refractivity contribution < 1.29 is 4.79 Å². The third kappa shape index (κ3) is 2.28. The summed E-state index contributed by atoms with van der Waals surface area (Å²) in [7, 11) is 0. The molecule has 0 saturated carbocycles. The first-order valence-corrected chi connectivity index (χ1v) is 7.41. The summed E-state index contributed by atoms with van der Waals surface area (Å²) in [6.45, 7) is 5.45. The van der Waals surface area contributed by atoms with Crippen LogP contribution in [0.4, 0.5) is 11.4 Å². The van der Waals surface area contributed by atoms with Crippen molar-refractivity contribution >= 4 is 17.3 Å². The number of fused-ring (bicyclic) bond motifs is 1. The number of hydrogen-bond donors (Lipinski definition) is 1. The lowest BCUT2D eigenvalue weighted by Crippen LogP contribution is -2.30. The van der Waals surface area contributed by atoms with Crippen LogP contribution in [-0.4, -0.2) is 22.2 Å². The zero-order valence-electron chi connectivity index (χ0n) is 12.5. The Hall–Kier alpha value is -2.30. The molecule has 110 valence electrons. The first kappa shape index (κ1) is 13.7. The number of nitrogen functional groups attached to an aromatic ring is 1. The van der Waals surface area contributed by atoms with E-state index in [9.17, 15) is 4.79 Å². The maximum Gasteiger partial charge on any atom is 0.276 e. The van der Waals surface area contributed by atoms with Gasteiger partial charge in [0.15, 0.2) is 0 Å². The van der Waals surface area contributed by atoms with Gasteiger partial charge in [0, 0.05) is 24.5 Å². The fourth-order valence-corrected chi connectivity index (χ4v) is 2.83. The Bertz CT molecular complexity index is 690. The number of hydrogen-bond acceptors (Lipinski definition) is 3. The number of carbonyl (C=O) groups is 1. The average molecular weight is 284 g/mol. The van der Waals surface area contributed by atoms with Crippen LogP contribution in [0.2, 0.25) is 0 Å². The number of carbonyl (C=O) groups excluding carboxylic acids is 1. The number of amides is 1. The molecule has 2 N–H and O–H groups in total. The predicted molar refractivity (Wildman–Crippen MR) is 83.5 cm³/mol. The molecular weight excluding hydrogens is 264 g/mol. The van der Waals surface area contributed by atoms with Gasteiger partial charge in [-0.3, -0.25) is 9.48 Å². The second kappa shape index (κ2) is 5.24. The maximum atomic E-state index is 12.8. The third-order valence-corrected chi connectivity index (χ3v) is 3.96. The molecule has 0 fully saturated rings. The molecule has 5 heteroatoms. The van der Waals surface area contributed by atoms with Gasteiger partial charge < -0.3 is 10.6 Å². The van der Waals surface area contributed by atoms with Crippen LogP contribution in [0, 0.1) is 0 Å². The number of aryl methyl sites for hydroxylation is 2. The van der Waals surface area contributed by atoms with Gasteiger partial charge in [0.05, 0.1) is 5.69 Å². The fourth-order valence-electron chi connectivity index (χ4n) is 2.83. The molecule has 1 amide bonds. The van der Waals surface area contributed by atoms with Gasteiger partial charge in [-0.15, -0.1) is 0 Å². The largest absolute Gasteiger partial charge is 0.399 e. The van der Waals surface area contributed by atoms with Gasteiger partial charge in [-0.2, -0.15) is 5.10 Å². The molecule has 2 aromatic rings. The molecule has 1 aliphatic heterocycles.